The first kappa shape index (κ1) is 8.38. The molecule has 0 fully saturated rings. The van der Waals surface area contributed by atoms with Gasteiger partial charge in [-0.3, -0.25) is 0 Å². The summed E-state index contributed by atoms with van der Waals surface area (Å²) in [5.41, 5.74) is 0. The van der Waals surface area contributed by atoms with E-state index in [-0.39, 0.29) is 0 Å². The topological polar surface area (TPSA) is 0 Å². The molecule has 0 aromatic rings. The van der Waals surface area contributed by atoms with Gasteiger partial charge in [0.05, 0.1) is 0 Å². The monoisotopic (exact) mass is 200 g/mol. The predicted octanol–water partition coefficient (Wildman–Crippen LogP) is 3.43. The summed E-state index contributed by atoms with van der Waals surface area (Å²) in [6, 6.07) is 0. The molecule has 10 heavy (non-hydrogen) atoms. The number of allylic oxidation sites excluding steroid dienone is 2. The zero-order chi connectivity index (χ0) is 7.61. The van der Waals surface area contributed by atoms with Crippen LogP contribution in [-0.4, -0.2) is 13.3 Å². The van der Waals surface area contributed by atoms with E-state index in [4.69, 9.17) is 0 Å². The third kappa shape index (κ3) is 2.15. The molecule has 0 amide bonds. The van der Waals surface area contributed by atoms with Crippen molar-refractivity contribution in [3.8, 4) is 0 Å². The van der Waals surface area contributed by atoms with Gasteiger partial charge in [0.1, 0.15) is 0 Å². The van der Waals surface area contributed by atoms with Gasteiger partial charge in [0.25, 0.3) is 0 Å². The van der Waals surface area contributed by atoms with Crippen LogP contribution in [0.1, 0.15) is 19.3 Å². The molecule has 1 unspecified atom stereocenters. The van der Waals surface area contributed by atoms with Gasteiger partial charge in [-0.2, -0.15) is 0 Å². The van der Waals surface area contributed by atoms with E-state index < -0.39 is 13.3 Å². The van der Waals surface area contributed by atoms with Gasteiger partial charge in [0.15, 0.2) is 0 Å². The van der Waals surface area contributed by atoms with Crippen LogP contribution in [-0.2, 0) is 0 Å². The molecule has 1 atom stereocenters. The van der Waals surface area contributed by atoms with Crippen LogP contribution in [0, 0.1) is 0 Å². The number of rotatable bonds is 1. The number of hydrogen-bond donors (Lipinski definition) is 0. The van der Waals surface area contributed by atoms with E-state index in [0.717, 1.165) is 4.75 Å². The molecule has 0 heterocycles. The molecule has 0 aliphatic heterocycles. The van der Waals surface area contributed by atoms with Crippen LogP contribution in [0.5, 0.6) is 0 Å². The van der Waals surface area contributed by atoms with E-state index in [1.807, 2.05) is 0 Å². The fourth-order valence-corrected chi connectivity index (χ4v) is 5.28. The maximum absolute atomic E-state index is 2.51. The van der Waals surface area contributed by atoms with Crippen LogP contribution in [0.15, 0.2) is 12.2 Å². The van der Waals surface area contributed by atoms with E-state index in [1.54, 1.807) is 0 Å². The van der Waals surface area contributed by atoms with Gasteiger partial charge in [-0.15, -0.1) is 0 Å². The first-order valence-electron chi connectivity index (χ1n) is 4.27. The molecule has 1 aliphatic carbocycles. The van der Waals surface area contributed by atoms with Crippen molar-refractivity contribution < 1.29 is 0 Å². The van der Waals surface area contributed by atoms with Crippen molar-refractivity contribution in [2.75, 3.05) is 0 Å². The quantitative estimate of drug-likeness (QED) is 0.448. The zero-order valence-corrected chi connectivity index (χ0v) is 9.45. The van der Waals surface area contributed by atoms with Gasteiger partial charge in [-0.05, 0) is 0 Å². The first-order chi connectivity index (χ1) is 4.61. The molecule has 0 aromatic carbocycles. The van der Waals surface area contributed by atoms with Gasteiger partial charge >= 0.3 is 66.7 Å². The van der Waals surface area contributed by atoms with Gasteiger partial charge < -0.3 is 0 Å². The first-order valence-corrected chi connectivity index (χ1v) is 11.8. The molecule has 0 spiro atoms. The van der Waals surface area contributed by atoms with Crippen molar-refractivity contribution in [3.63, 3.8) is 0 Å². The third-order valence-electron chi connectivity index (χ3n) is 2.37. The summed E-state index contributed by atoms with van der Waals surface area (Å²) >= 11 is -1.31. The average molecular weight is 199 g/mol. The molecule has 1 aliphatic rings. The molecule has 0 bridgehead atoms. The Morgan fingerprint density at radius 1 is 1.30 bits per heavy atom. The van der Waals surface area contributed by atoms with Crippen LogP contribution in [0.2, 0.25) is 22.0 Å². The standard InChI is InChI=1S/C9H18Ge/c1-10(2,3)9-7-5-4-6-8-9/h5,7,9H,4,6,8H2,1-3H3. The van der Waals surface area contributed by atoms with E-state index in [0.29, 0.717) is 0 Å². The Morgan fingerprint density at radius 2 is 2.00 bits per heavy atom. The van der Waals surface area contributed by atoms with Gasteiger partial charge in [-0.1, -0.05) is 0 Å². The maximum atomic E-state index is 2.51. The summed E-state index contributed by atoms with van der Waals surface area (Å²) in [7, 11) is 0. The Labute approximate surface area is 67.1 Å². The van der Waals surface area contributed by atoms with Gasteiger partial charge in [0.2, 0.25) is 0 Å². The second kappa shape index (κ2) is 3.12. The fraction of sp³-hybridized carbons (Fsp3) is 0.778. The Kier molecular flexibility index (Phi) is 2.62. The SMILES string of the molecule is [CH3][Ge]([CH3])([CH3])[CH]1C=CCCC1. The fourth-order valence-electron chi connectivity index (χ4n) is 1.53. The molecule has 58 valence electrons. The minimum atomic E-state index is -1.31. The summed E-state index contributed by atoms with van der Waals surface area (Å²) in [5.74, 6) is 7.54. The summed E-state index contributed by atoms with van der Waals surface area (Å²) < 4.78 is 1.01. The van der Waals surface area contributed by atoms with Gasteiger partial charge in [-0.25, -0.2) is 0 Å². The molecule has 0 radical (unpaired) electrons. The molecular formula is C9H18Ge. The van der Waals surface area contributed by atoms with Crippen molar-refractivity contribution in [2.45, 2.75) is 41.3 Å². The Bertz CT molecular complexity index is 130. The van der Waals surface area contributed by atoms with Crippen molar-refractivity contribution in [1.29, 1.82) is 0 Å². The molecule has 0 saturated carbocycles. The normalized spacial score (nSPS) is 26.9. The summed E-state index contributed by atoms with van der Waals surface area (Å²) in [6.07, 6.45) is 9.09. The van der Waals surface area contributed by atoms with Crippen LogP contribution in [0.3, 0.4) is 0 Å². The van der Waals surface area contributed by atoms with Crippen LogP contribution in [0.25, 0.3) is 0 Å². The van der Waals surface area contributed by atoms with Gasteiger partial charge in [0, 0.05) is 0 Å². The van der Waals surface area contributed by atoms with Crippen LogP contribution < -0.4 is 0 Å². The predicted molar refractivity (Wildman–Crippen MR) is 50.1 cm³/mol. The Hall–Kier alpha value is 0.283. The summed E-state index contributed by atoms with van der Waals surface area (Å²) in [6.45, 7) is 0. The second-order valence-electron chi connectivity index (χ2n) is 4.33. The van der Waals surface area contributed by atoms with Crippen molar-refractivity contribution in [1.82, 2.24) is 0 Å². The minimum absolute atomic E-state index is 1.01. The molecule has 0 aromatic heterocycles. The van der Waals surface area contributed by atoms with E-state index in [2.05, 4.69) is 29.4 Å². The van der Waals surface area contributed by atoms with E-state index in [9.17, 15) is 0 Å². The molecule has 1 heteroatoms. The van der Waals surface area contributed by atoms with Crippen molar-refractivity contribution in [3.05, 3.63) is 12.2 Å². The van der Waals surface area contributed by atoms with Crippen LogP contribution in [0.4, 0.5) is 0 Å². The van der Waals surface area contributed by atoms with Crippen molar-refractivity contribution >= 4 is 13.3 Å². The van der Waals surface area contributed by atoms with Crippen LogP contribution >= 0.6 is 0 Å². The Balaban J connectivity index is 2.55. The van der Waals surface area contributed by atoms with E-state index >= 15 is 0 Å². The molecular weight excluding hydrogens is 181 g/mol. The second-order valence-corrected chi connectivity index (χ2v) is 15.8. The molecule has 1 rings (SSSR count). The van der Waals surface area contributed by atoms with Crippen molar-refractivity contribution in [2.24, 2.45) is 0 Å². The molecule has 0 saturated heterocycles. The third-order valence-corrected chi connectivity index (χ3v) is 8.04. The molecule has 0 N–H and O–H groups in total. The van der Waals surface area contributed by atoms with E-state index in [1.165, 1.54) is 19.3 Å². The average Bonchev–Trinajstić information content (AvgIpc) is 1.88. The summed E-state index contributed by atoms with van der Waals surface area (Å²) in [4.78, 5) is 0. The Morgan fingerprint density at radius 3 is 2.30 bits per heavy atom. The zero-order valence-electron chi connectivity index (χ0n) is 7.35. The summed E-state index contributed by atoms with van der Waals surface area (Å²) in [5, 5.41) is 0. The number of hydrogen-bond acceptors (Lipinski definition) is 0. The molecule has 0 nitrogen and oxygen atoms in total.